The van der Waals surface area contributed by atoms with Crippen LogP contribution in [-0.4, -0.2) is 36.1 Å². The number of carbonyl (C=O) groups is 1. The summed E-state index contributed by atoms with van der Waals surface area (Å²) in [5, 5.41) is 8.72. The molecule has 0 bridgehead atoms. The molecule has 0 saturated heterocycles. The van der Waals surface area contributed by atoms with Gasteiger partial charge in [-0.25, -0.2) is 0 Å². The van der Waals surface area contributed by atoms with Gasteiger partial charge in [0.05, 0.1) is 0 Å². The number of hydrogen-bond donors (Lipinski definition) is 2. The molecule has 106 valence electrons. The van der Waals surface area contributed by atoms with E-state index in [-0.39, 0.29) is 12.5 Å². The number of rotatable bonds is 6. The van der Waals surface area contributed by atoms with Crippen LogP contribution >= 0.6 is 0 Å². The van der Waals surface area contributed by atoms with Gasteiger partial charge in [0.15, 0.2) is 0 Å². The van der Waals surface area contributed by atoms with Gasteiger partial charge in [-0.05, 0) is 50.3 Å². The number of aliphatic hydroxyl groups excluding tert-OH is 1. The number of anilines is 1. The van der Waals surface area contributed by atoms with E-state index in [0.717, 1.165) is 30.4 Å². The molecule has 0 atom stereocenters. The van der Waals surface area contributed by atoms with Crippen LogP contribution in [-0.2, 0) is 0 Å². The first kappa shape index (κ1) is 15.5. The van der Waals surface area contributed by atoms with E-state index < -0.39 is 0 Å². The first-order valence-corrected chi connectivity index (χ1v) is 6.70. The molecule has 0 aliphatic rings. The molecule has 0 aliphatic heterocycles. The number of aliphatic hydroxyl groups is 1. The predicted molar refractivity (Wildman–Crippen MR) is 78.2 cm³/mol. The van der Waals surface area contributed by atoms with E-state index in [1.54, 1.807) is 18.0 Å². The van der Waals surface area contributed by atoms with Crippen LogP contribution in [0.5, 0.6) is 0 Å². The second-order valence-electron chi connectivity index (χ2n) is 5.03. The Morgan fingerprint density at radius 1 is 1.21 bits per heavy atom. The molecule has 0 unspecified atom stereocenters. The van der Waals surface area contributed by atoms with Gasteiger partial charge in [0.25, 0.3) is 5.91 Å². The number of aryl methyl sites for hydroxylation is 2. The number of nitrogen functional groups attached to an aromatic ring is 1. The third-order valence-corrected chi connectivity index (χ3v) is 3.34. The van der Waals surface area contributed by atoms with Crippen LogP contribution in [0.4, 0.5) is 5.69 Å². The van der Waals surface area contributed by atoms with Crippen LogP contribution < -0.4 is 5.73 Å². The maximum atomic E-state index is 12.3. The molecule has 0 heterocycles. The molecule has 0 aliphatic carbocycles. The Morgan fingerprint density at radius 2 is 1.89 bits per heavy atom. The second-order valence-corrected chi connectivity index (χ2v) is 5.03. The lowest BCUT2D eigenvalue weighted by molar-refractivity contribution is 0.0791. The summed E-state index contributed by atoms with van der Waals surface area (Å²) in [5.74, 6) is 0.00759. The molecular weight excluding hydrogens is 240 g/mol. The van der Waals surface area contributed by atoms with Gasteiger partial charge in [-0.3, -0.25) is 4.79 Å². The van der Waals surface area contributed by atoms with Gasteiger partial charge in [0.1, 0.15) is 0 Å². The first-order chi connectivity index (χ1) is 8.97. The van der Waals surface area contributed by atoms with Crippen molar-refractivity contribution in [1.82, 2.24) is 4.90 Å². The van der Waals surface area contributed by atoms with Gasteiger partial charge in [-0.1, -0.05) is 6.07 Å². The first-order valence-electron chi connectivity index (χ1n) is 6.70. The van der Waals surface area contributed by atoms with Crippen molar-refractivity contribution in [1.29, 1.82) is 0 Å². The van der Waals surface area contributed by atoms with Crippen molar-refractivity contribution in [2.24, 2.45) is 0 Å². The molecule has 4 heteroatoms. The summed E-state index contributed by atoms with van der Waals surface area (Å²) >= 11 is 0. The fourth-order valence-corrected chi connectivity index (χ4v) is 2.04. The SMILES string of the molecule is Cc1cc(C)c(C(=O)N(C)CCCCCO)cc1N. The van der Waals surface area contributed by atoms with Gasteiger partial charge < -0.3 is 15.7 Å². The van der Waals surface area contributed by atoms with E-state index in [0.29, 0.717) is 17.8 Å². The summed E-state index contributed by atoms with van der Waals surface area (Å²) in [5.41, 5.74) is 9.15. The summed E-state index contributed by atoms with van der Waals surface area (Å²) < 4.78 is 0. The Hall–Kier alpha value is -1.55. The van der Waals surface area contributed by atoms with E-state index in [1.165, 1.54) is 0 Å². The topological polar surface area (TPSA) is 66.6 Å². The van der Waals surface area contributed by atoms with Crippen molar-refractivity contribution in [2.45, 2.75) is 33.1 Å². The Balaban J connectivity index is 2.69. The van der Waals surface area contributed by atoms with Crippen molar-refractivity contribution >= 4 is 11.6 Å². The quantitative estimate of drug-likeness (QED) is 0.611. The minimum absolute atomic E-state index is 0.00759. The van der Waals surface area contributed by atoms with E-state index in [1.807, 2.05) is 19.9 Å². The summed E-state index contributed by atoms with van der Waals surface area (Å²) in [6.45, 7) is 4.78. The minimum Gasteiger partial charge on any atom is -0.398 e. The molecule has 0 spiro atoms. The Kier molecular flexibility index (Phi) is 5.83. The molecule has 0 radical (unpaired) electrons. The number of unbranched alkanes of at least 4 members (excludes halogenated alkanes) is 2. The van der Waals surface area contributed by atoms with Crippen LogP contribution in [0.3, 0.4) is 0 Å². The standard InChI is InChI=1S/C15H24N2O2/c1-11-9-12(2)14(16)10-13(11)15(19)17(3)7-5-4-6-8-18/h9-10,18H,4-8,16H2,1-3H3. The molecule has 1 amide bonds. The number of nitrogens with zero attached hydrogens (tertiary/aromatic N) is 1. The lowest BCUT2D eigenvalue weighted by Gasteiger charge is -2.19. The van der Waals surface area contributed by atoms with Crippen LogP contribution in [0.1, 0.15) is 40.7 Å². The van der Waals surface area contributed by atoms with Crippen molar-refractivity contribution < 1.29 is 9.90 Å². The zero-order chi connectivity index (χ0) is 14.4. The molecule has 4 nitrogen and oxygen atoms in total. The minimum atomic E-state index is 0.00759. The number of nitrogens with two attached hydrogens (primary N) is 1. The number of amides is 1. The van der Waals surface area contributed by atoms with E-state index in [9.17, 15) is 4.79 Å². The van der Waals surface area contributed by atoms with Gasteiger partial charge in [-0.2, -0.15) is 0 Å². The molecule has 19 heavy (non-hydrogen) atoms. The fraction of sp³-hybridized carbons (Fsp3) is 0.533. The zero-order valence-corrected chi connectivity index (χ0v) is 12.1. The highest BCUT2D eigenvalue weighted by atomic mass is 16.2. The zero-order valence-electron chi connectivity index (χ0n) is 12.1. The second kappa shape index (κ2) is 7.14. The van der Waals surface area contributed by atoms with E-state index in [4.69, 9.17) is 10.8 Å². The van der Waals surface area contributed by atoms with Crippen molar-refractivity contribution in [2.75, 3.05) is 25.9 Å². The molecule has 0 aromatic heterocycles. The molecule has 1 aromatic rings. The van der Waals surface area contributed by atoms with E-state index >= 15 is 0 Å². The summed E-state index contributed by atoms with van der Waals surface area (Å²) in [6, 6.07) is 3.71. The lowest BCUT2D eigenvalue weighted by atomic mass is 10.0. The lowest BCUT2D eigenvalue weighted by Crippen LogP contribution is -2.28. The molecule has 0 fully saturated rings. The summed E-state index contributed by atoms with van der Waals surface area (Å²) in [7, 11) is 1.80. The van der Waals surface area contributed by atoms with Crippen LogP contribution in [0.2, 0.25) is 0 Å². The van der Waals surface area contributed by atoms with Crippen molar-refractivity contribution in [3.63, 3.8) is 0 Å². The van der Waals surface area contributed by atoms with Gasteiger partial charge in [-0.15, -0.1) is 0 Å². The smallest absolute Gasteiger partial charge is 0.253 e. The van der Waals surface area contributed by atoms with Gasteiger partial charge >= 0.3 is 0 Å². The monoisotopic (exact) mass is 264 g/mol. The number of hydrogen-bond acceptors (Lipinski definition) is 3. The Bertz CT molecular complexity index is 444. The van der Waals surface area contributed by atoms with Gasteiger partial charge in [0, 0.05) is 31.5 Å². The maximum absolute atomic E-state index is 12.3. The highest BCUT2D eigenvalue weighted by molar-refractivity contribution is 5.96. The molecule has 1 aromatic carbocycles. The average molecular weight is 264 g/mol. The molecule has 0 saturated carbocycles. The fourth-order valence-electron chi connectivity index (χ4n) is 2.04. The van der Waals surface area contributed by atoms with Crippen molar-refractivity contribution in [3.05, 3.63) is 28.8 Å². The molecular formula is C15H24N2O2. The van der Waals surface area contributed by atoms with Gasteiger partial charge in [0.2, 0.25) is 0 Å². The Labute approximate surface area is 115 Å². The summed E-state index contributed by atoms with van der Waals surface area (Å²) in [6.07, 6.45) is 2.63. The number of benzene rings is 1. The molecule has 3 N–H and O–H groups in total. The third kappa shape index (κ3) is 4.24. The summed E-state index contributed by atoms with van der Waals surface area (Å²) in [4.78, 5) is 14.0. The maximum Gasteiger partial charge on any atom is 0.253 e. The third-order valence-electron chi connectivity index (χ3n) is 3.34. The predicted octanol–water partition coefficient (Wildman–Crippen LogP) is 2.12. The largest absolute Gasteiger partial charge is 0.398 e. The molecule has 1 rings (SSSR count). The number of carbonyl (C=O) groups excluding carboxylic acids is 1. The normalized spacial score (nSPS) is 10.5. The van der Waals surface area contributed by atoms with E-state index in [2.05, 4.69) is 0 Å². The average Bonchev–Trinajstić information content (AvgIpc) is 2.38. The highest BCUT2D eigenvalue weighted by Crippen LogP contribution is 2.19. The van der Waals surface area contributed by atoms with Crippen molar-refractivity contribution in [3.8, 4) is 0 Å². The van der Waals surface area contributed by atoms with Crippen LogP contribution in [0, 0.1) is 13.8 Å². The highest BCUT2D eigenvalue weighted by Gasteiger charge is 2.15. The van der Waals surface area contributed by atoms with Crippen LogP contribution in [0.15, 0.2) is 12.1 Å². The Morgan fingerprint density at radius 3 is 2.53 bits per heavy atom. The van der Waals surface area contributed by atoms with Crippen LogP contribution in [0.25, 0.3) is 0 Å².